The van der Waals surface area contributed by atoms with Crippen molar-refractivity contribution in [3.63, 3.8) is 0 Å². The molecule has 2 unspecified atom stereocenters. The minimum atomic E-state index is 0.0752. The molecule has 0 saturated carbocycles. The zero-order valence-electron chi connectivity index (χ0n) is 16.7. The van der Waals surface area contributed by atoms with Gasteiger partial charge < -0.3 is 9.47 Å². The maximum Gasteiger partial charge on any atom is 0.250 e. The van der Waals surface area contributed by atoms with Crippen LogP contribution < -0.4 is 10.5 Å². The lowest BCUT2D eigenvalue weighted by Crippen LogP contribution is -2.47. The van der Waals surface area contributed by atoms with Crippen molar-refractivity contribution < 1.29 is 4.79 Å². The zero-order chi connectivity index (χ0) is 19.8. The van der Waals surface area contributed by atoms with E-state index in [9.17, 15) is 9.59 Å². The average Bonchev–Trinajstić information content (AvgIpc) is 2.74. The number of aromatic nitrogens is 1. The highest BCUT2D eigenvalue weighted by Crippen LogP contribution is 2.34. The summed E-state index contributed by atoms with van der Waals surface area (Å²) >= 11 is 0. The normalized spacial score (nSPS) is 23.7. The summed E-state index contributed by atoms with van der Waals surface area (Å²) < 4.78 is 1.96. The molecule has 3 aliphatic rings. The predicted octanol–water partition coefficient (Wildman–Crippen LogP) is 2.80. The van der Waals surface area contributed by atoms with Crippen LogP contribution >= 0.6 is 0 Å². The standard InChI is InChI=1S/C24H27N3O2/c28-23(26-13-4-7-19-6-1-2-8-21(19)26)11-5-12-25-15-18-14-20(17-25)22-9-3-10-24(29)27(22)16-18/h1-3,5-6,8-11,18,20H,4,7,12-17H2. The van der Waals surface area contributed by atoms with Gasteiger partial charge in [0.15, 0.2) is 0 Å². The van der Waals surface area contributed by atoms with E-state index in [2.05, 4.69) is 17.0 Å². The predicted molar refractivity (Wildman–Crippen MR) is 114 cm³/mol. The van der Waals surface area contributed by atoms with Gasteiger partial charge in [0.2, 0.25) is 0 Å². The number of hydrogen-bond donors (Lipinski definition) is 0. The van der Waals surface area contributed by atoms with Crippen molar-refractivity contribution in [3.05, 3.63) is 76.2 Å². The van der Waals surface area contributed by atoms with Gasteiger partial charge in [-0.3, -0.25) is 14.5 Å². The monoisotopic (exact) mass is 389 g/mol. The highest BCUT2D eigenvalue weighted by molar-refractivity contribution is 6.02. The van der Waals surface area contributed by atoms with Gasteiger partial charge in [-0.05, 0) is 42.9 Å². The number of aryl methyl sites for hydroxylation is 1. The highest BCUT2D eigenvalue weighted by Gasteiger charge is 2.34. The van der Waals surface area contributed by atoms with Crippen LogP contribution in [0.3, 0.4) is 0 Å². The van der Waals surface area contributed by atoms with Gasteiger partial charge >= 0.3 is 0 Å². The van der Waals surface area contributed by atoms with Gasteiger partial charge in [-0.15, -0.1) is 0 Å². The Kier molecular flexibility index (Phi) is 4.84. The molecule has 2 bridgehead atoms. The second-order valence-corrected chi connectivity index (χ2v) is 8.54. The Bertz CT molecular complexity index is 1010. The minimum absolute atomic E-state index is 0.0752. The number of pyridine rings is 1. The molecule has 1 fully saturated rings. The van der Waals surface area contributed by atoms with E-state index >= 15 is 0 Å². The molecule has 0 aliphatic carbocycles. The Morgan fingerprint density at radius 3 is 2.90 bits per heavy atom. The van der Waals surface area contributed by atoms with E-state index in [1.807, 2.05) is 39.8 Å². The van der Waals surface area contributed by atoms with Crippen molar-refractivity contribution in [2.45, 2.75) is 31.7 Å². The number of anilines is 1. The lowest BCUT2D eigenvalue weighted by molar-refractivity contribution is -0.114. The molecule has 1 aromatic carbocycles. The summed E-state index contributed by atoms with van der Waals surface area (Å²) in [5, 5.41) is 0. The van der Waals surface area contributed by atoms with Crippen LogP contribution in [0.4, 0.5) is 5.69 Å². The minimum Gasteiger partial charge on any atom is -0.312 e. The summed E-state index contributed by atoms with van der Waals surface area (Å²) in [5.41, 5.74) is 3.61. The number of fused-ring (bicyclic) bond motifs is 5. The van der Waals surface area contributed by atoms with Crippen LogP contribution in [0.2, 0.25) is 0 Å². The quantitative estimate of drug-likeness (QED) is 0.759. The number of carbonyl (C=O) groups is 1. The van der Waals surface area contributed by atoms with Gasteiger partial charge in [0.1, 0.15) is 0 Å². The second-order valence-electron chi connectivity index (χ2n) is 8.54. The van der Waals surface area contributed by atoms with E-state index in [1.165, 1.54) is 11.3 Å². The highest BCUT2D eigenvalue weighted by atomic mass is 16.2. The van der Waals surface area contributed by atoms with Gasteiger partial charge in [-0.25, -0.2) is 0 Å². The van der Waals surface area contributed by atoms with Crippen LogP contribution in [-0.4, -0.2) is 41.6 Å². The SMILES string of the molecule is O=C(C=CCN1CC2CC(C1)c1cccc(=O)n1C2)N1CCCc2ccccc21. The van der Waals surface area contributed by atoms with E-state index in [1.54, 1.807) is 12.1 Å². The number of benzene rings is 1. The maximum atomic E-state index is 12.8. The smallest absolute Gasteiger partial charge is 0.250 e. The van der Waals surface area contributed by atoms with Gasteiger partial charge in [-0.1, -0.05) is 30.3 Å². The van der Waals surface area contributed by atoms with Crippen LogP contribution in [0.1, 0.15) is 30.0 Å². The third kappa shape index (κ3) is 3.55. The summed E-state index contributed by atoms with van der Waals surface area (Å²) in [4.78, 5) is 29.3. The van der Waals surface area contributed by atoms with E-state index < -0.39 is 0 Å². The third-order valence-electron chi connectivity index (χ3n) is 6.56. The van der Waals surface area contributed by atoms with E-state index in [4.69, 9.17) is 0 Å². The fourth-order valence-corrected chi connectivity index (χ4v) is 5.30. The largest absolute Gasteiger partial charge is 0.312 e. The molecule has 1 saturated heterocycles. The lowest BCUT2D eigenvalue weighted by atomic mass is 9.83. The topological polar surface area (TPSA) is 45.6 Å². The molecule has 4 heterocycles. The molecule has 0 spiro atoms. The number of rotatable bonds is 3. The first kappa shape index (κ1) is 18.4. The molecule has 3 aliphatic heterocycles. The number of piperidine rings is 1. The Morgan fingerprint density at radius 2 is 1.97 bits per heavy atom. The number of para-hydroxylation sites is 1. The number of hydrogen-bond acceptors (Lipinski definition) is 3. The van der Waals surface area contributed by atoms with E-state index in [-0.39, 0.29) is 11.5 Å². The zero-order valence-corrected chi connectivity index (χ0v) is 16.7. The molecule has 2 atom stereocenters. The van der Waals surface area contributed by atoms with Crippen LogP contribution in [0.25, 0.3) is 0 Å². The fourth-order valence-electron chi connectivity index (χ4n) is 5.30. The van der Waals surface area contributed by atoms with Gasteiger partial charge in [0.05, 0.1) is 0 Å². The molecule has 0 N–H and O–H groups in total. The summed E-state index contributed by atoms with van der Waals surface area (Å²) in [7, 11) is 0. The first-order valence-electron chi connectivity index (χ1n) is 10.7. The number of carbonyl (C=O) groups excluding carboxylic acids is 1. The third-order valence-corrected chi connectivity index (χ3v) is 6.56. The molecule has 5 nitrogen and oxygen atoms in total. The average molecular weight is 389 g/mol. The Hall–Kier alpha value is -2.66. The van der Waals surface area contributed by atoms with Crippen LogP contribution in [0.5, 0.6) is 0 Å². The molecule has 0 radical (unpaired) electrons. The van der Waals surface area contributed by atoms with Crippen LogP contribution in [0, 0.1) is 5.92 Å². The van der Waals surface area contributed by atoms with Gasteiger partial charge in [0.25, 0.3) is 11.5 Å². The Balaban J connectivity index is 1.24. The van der Waals surface area contributed by atoms with Crippen molar-refractivity contribution in [2.75, 3.05) is 31.1 Å². The van der Waals surface area contributed by atoms with Crippen molar-refractivity contribution in [3.8, 4) is 0 Å². The summed E-state index contributed by atoms with van der Waals surface area (Å²) in [5.74, 6) is 1.00. The van der Waals surface area contributed by atoms with Crippen molar-refractivity contribution in [1.82, 2.24) is 9.47 Å². The van der Waals surface area contributed by atoms with Gasteiger partial charge in [-0.2, -0.15) is 0 Å². The van der Waals surface area contributed by atoms with E-state index in [0.29, 0.717) is 11.8 Å². The van der Waals surface area contributed by atoms with Crippen LogP contribution in [0.15, 0.2) is 59.4 Å². The summed E-state index contributed by atoms with van der Waals surface area (Å²) in [6.45, 7) is 4.33. The maximum absolute atomic E-state index is 12.8. The second kappa shape index (κ2) is 7.64. The Morgan fingerprint density at radius 1 is 1.07 bits per heavy atom. The molecule has 150 valence electrons. The van der Waals surface area contributed by atoms with E-state index in [0.717, 1.165) is 57.7 Å². The molecular formula is C24H27N3O2. The molecule has 5 rings (SSSR count). The number of likely N-dealkylation sites (tertiary alicyclic amines) is 1. The molecular weight excluding hydrogens is 362 g/mol. The Labute approximate surface area is 171 Å². The summed E-state index contributed by atoms with van der Waals surface area (Å²) in [6.07, 6.45) is 6.98. The molecule has 5 heteroatoms. The molecule has 29 heavy (non-hydrogen) atoms. The van der Waals surface area contributed by atoms with Crippen LogP contribution in [-0.2, 0) is 17.8 Å². The number of amides is 1. The van der Waals surface area contributed by atoms with Gasteiger partial charge in [0, 0.05) is 62.2 Å². The lowest BCUT2D eigenvalue weighted by Gasteiger charge is -2.42. The fraction of sp³-hybridized carbons (Fsp3) is 0.417. The summed E-state index contributed by atoms with van der Waals surface area (Å²) in [6, 6.07) is 13.8. The first-order chi connectivity index (χ1) is 14.2. The first-order valence-corrected chi connectivity index (χ1v) is 10.7. The number of nitrogens with zero attached hydrogens (tertiary/aromatic N) is 3. The molecule has 1 amide bonds. The van der Waals surface area contributed by atoms with Crippen molar-refractivity contribution >= 4 is 11.6 Å². The van der Waals surface area contributed by atoms with Crippen molar-refractivity contribution in [2.24, 2.45) is 5.92 Å². The molecule has 1 aromatic heterocycles. The van der Waals surface area contributed by atoms with Crippen molar-refractivity contribution in [1.29, 1.82) is 0 Å². The molecule has 2 aromatic rings.